The topological polar surface area (TPSA) is 40.8 Å². The van der Waals surface area contributed by atoms with E-state index in [0.29, 0.717) is 0 Å². The fourth-order valence-corrected chi connectivity index (χ4v) is 10.6. The Morgan fingerprint density at radius 2 is 0.719 bits per heavy atom. The number of para-hydroxylation sites is 7. The van der Waals surface area contributed by atoms with Crippen molar-refractivity contribution in [3.05, 3.63) is 219 Å². The molecule has 298 valence electrons. The summed E-state index contributed by atoms with van der Waals surface area (Å²) in [6.07, 6.45) is 1.91. The Morgan fingerprint density at radius 1 is 0.266 bits per heavy atom. The molecule has 10 aromatic carbocycles. The molecule has 0 fully saturated rings. The van der Waals surface area contributed by atoms with Crippen LogP contribution in [0.15, 0.2) is 223 Å². The van der Waals surface area contributed by atoms with Gasteiger partial charge in [-0.25, -0.2) is 0 Å². The van der Waals surface area contributed by atoms with Gasteiger partial charge in [0.2, 0.25) is 0 Å². The number of pyridine rings is 1. The lowest BCUT2D eigenvalue weighted by atomic mass is 9.95. The summed E-state index contributed by atoms with van der Waals surface area (Å²) in [5, 5.41) is 12.6. The zero-order valence-corrected chi connectivity index (χ0v) is 34.5. The van der Waals surface area contributed by atoms with E-state index in [1.54, 1.807) is 0 Å². The molecule has 4 aromatic heterocycles. The number of benzene rings is 9. The maximum Gasteiger partial charge on any atom is 0.152 e. The maximum absolute atomic E-state index is 6.84. The van der Waals surface area contributed by atoms with Crippen LogP contribution in [0.4, 0.5) is 0 Å². The van der Waals surface area contributed by atoms with Gasteiger partial charge in [0.15, 0.2) is 11.2 Å². The van der Waals surface area contributed by atoms with Gasteiger partial charge in [-0.15, -0.1) is 0 Å². The largest absolute Gasteiger partial charge is 0.453 e. The number of rotatable bonds is 3. The van der Waals surface area contributed by atoms with E-state index in [4.69, 9.17) is 9.40 Å². The lowest BCUT2D eigenvalue weighted by Gasteiger charge is -2.17. The first-order valence-corrected chi connectivity index (χ1v) is 21.8. The van der Waals surface area contributed by atoms with E-state index < -0.39 is 0 Å². The lowest BCUT2D eigenvalue weighted by Crippen LogP contribution is -2.00. The van der Waals surface area contributed by atoms with Gasteiger partial charge in [0.25, 0.3) is 0 Å². The number of aromatic nitrogens is 4. The van der Waals surface area contributed by atoms with E-state index in [-0.39, 0.29) is 0 Å². The van der Waals surface area contributed by atoms with Crippen LogP contribution in [-0.2, 0) is 0 Å². The van der Waals surface area contributed by atoms with Gasteiger partial charge in [-0.2, -0.15) is 0 Å². The van der Waals surface area contributed by atoms with Crippen molar-refractivity contribution in [2.24, 2.45) is 0 Å². The first kappa shape index (κ1) is 35.0. The quantitative estimate of drug-likeness (QED) is 0.167. The molecule has 0 aliphatic carbocycles. The highest BCUT2D eigenvalue weighted by molar-refractivity contribution is 6.27. The van der Waals surface area contributed by atoms with Gasteiger partial charge in [0.05, 0.1) is 38.6 Å². The molecule has 0 unspecified atom stereocenters. The molecule has 14 rings (SSSR count). The molecule has 0 atom stereocenters. The average molecular weight is 817 g/mol. The van der Waals surface area contributed by atoms with E-state index in [2.05, 4.69) is 214 Å². The molecule has 0 amide bonds. The Labute approximate surface area is 366 Å². The van der Waals surface area contributed by atoms with Crippen LogP contribution >= 0.6 is 0 Å². The molecule has 4 heterocycles. The molecule has 0 saturated carbocycles. The molecule has 0 radical (unpaired) electrons. The zero-order chi connectivity index (χ0) is 41.9. The third-order valence-electron chi connectivity index (χ3n) is 13.3. The Kier molecular flexibility index (Phi) is 7.33. The minimum atomic E-state index is 0.781. The van der Waals surface area contributed by atoms with Gasteiger partial charge in [-0.1, -0.05) is 121 Å². The first-order valence-electron chi connectivity index (χ1n) is 21.8. The Morgan fingerprint density at radius 3 is 1.30 bits per heavy atom. The summed E-state index contributed by atoms with van der Waals surface area (Å²) < 4.78 is 14.0. The van der Waals surface area contributed by atoms with Crippen LogP contribution in [0.3, 0.4) is 0 Å². The summed E-state index contributed by atoms with van der Waals surface area (Å²) in [4.78, 5) is 5.21. The van der Waals surface area contributed by atoms with Crippen LogP contribution in [0.2, 0.25) is 0 Å². The summed E-state index contributed by atoms with van der Waals surface area (Å²) in [5.74, 6) is 0. The van der Waals surface area contributed by atoms with E-state index in [0.717, 1.165) is 82.5 Å². The maximum atomic E-state index is 6.84. The lowest BCUT2D eigenvalue weighted by molar-refractivity contribution is 0.654. The Bertz CT molecular complexity index is 4210. The summed E-state index contributed by atoms with van der Waals surface area (Å²) >= 11 is 0. The molecule has 5 heteroatoms. The van der Waals surface area contributed by atoms with Crippen LogP contribution < -0.4 is 0 Å². The molecule has 0 bridgehead atoms. The third-order valence-corrected chi connectivity index (χ3v) is 13.3. The van der Waals surface area contributed by atoms with Crippen LogP contribution in [0.25, 0.3) is 126 Å². The zero-order valence-electron chi connectivity index (χ0n) is 34.5. The predicted molar refractivity (Wildman–Crippen MR) is 267 cm³/mol. The minimum Gasteiger partial charge on any atom is -0.453 e. The summed E-state index contributed by atoms with van der Waals surface area (Å²) in [6, 6.07) is 76.7. The average Bonchev–Trinajstić information content (AvgIpc) is 3.88. The summed E-state index contributed by atoms with van der Waals surface area (Å²) in [6.45, 7) is 0. The molecule has 14 aromatic rings. The van der Waals surface area contributed by atoms with Crippen molar-refractivity contribution in [2.45, 2.75) is 0 Å². The van der Waals surface area contributed by atoms with E-state index in [1.807, 2.05) is 18.3 Å². The normalized spacial score (nSPS) is 12.1. The molecular formula is C59H36N4O. The smallest absolute Gasteiger partial charge is 0.152 e. The predicted octanol–water partition coefficient (Wildman–Crippen LogP) is 15.7. The molecule has 0 N–H and O–H groups in total. The second kappa shape index (κ2) is 13.4. The van der Waals surface area contributed by atoms with Gasteiger partial charge < -0.3 is 18.1 Å². The number of fused-ring (bicyclic) bond motifs is 16. The van der Waals surface area contributed by atoms with Gasteiger partial charge in [0.1, 0.15) is 0 Å². The number of hydrogen-bond donors (Lipinski definition) is 0. The van der Waals surface area contributed by atoms with Crippen molar-refractivity contribution in [3.63, 3.8) is 0 Å². The fraction of sp³-hybridized carbons (Fsp3) is 0. The van der Waals surface area contributed by atoms with Crippen molar-refractivity contribution >= 4 is 109 Å². The number of nitrogens with zero attached hydrogens (tertiary/aromatic N) is 4. The van der Waals surface area contributed by atoms with Crippen LogP contribution in [0, 0.1) is 0 Å². The van der Waals surface area contributed by atoms with E-state index in [1.165, 1.54) is 43.6 Å². The van der Waals surface area contributed by atoms with E-state index in [9.17, 15) is 0 Å². The Hall–Kier alpha value is -8.67. The monoisotopic (exact) mass is 816 g/mol. The van der Waals surface area contributed by atoms with Gasteiger partial charge >= 0.3 is 0 Å². The highest BCUT2D eigenvalue weighted by atomic mass is 16.3. The van der Waals surface area contributed by atoms with Gasteiger partial charge in [-0.3, -0.25) is 4.98 Å². The van der Waals surface area contributed by atoms with Crippen LogP contribution in [-0.4, -0.2) is 18.7 Å². The highest BCUT2D eigenvalue weighted by Crippen LogP contribution is 2.42. The minimum absolute atomic E-state index is 0.781. The molecule has 64 heavy (non-hydrogen) atoms. The third kappa shape index (κ3) is 4.98. The molecule has 5 nitrogen and oxygen atoms in total. The van der Waals surface area contributed by atoms with Crippen molar-refractivity contribution in [3.8, 4) is 17.1 Å². The van der Waals surface area contributed by atoms with Gasteiger partial charge in [-0.05, 0) is 118 Å². The van der Waals surface area contributed by atoms with Crippen molar-refractivity contribution < 1.29 is 4.42 Å². The van der Waals surface area contributed by atoms with Crippen LogP contribution in [0.5, 0.6) is 0 Å². The SMILES string of the molecule is c1ccc(-n2c3ccccc3oc3cc4c(cc32)c2ccc(-n3c5ccccc5c5ccccc53)cc2c2cc(-n3c5ccccc5c5ccccc53)ccc2c2cccnc24)cc1. The first-order chi connectivity index (χ1) is 31.8. The highest BCUT2D eigenvalue weighted by Gasteiger charge is 2.19. The molecule has 0 aliphatic heterocycles. The van der Waals surface area contributed by atoms with Crippen LogP contribution in [0.1, 0.15) is 0 Å². The second-order valence-corrected chi connectivity index (χ2v) is 16.7. The summed E-state index contributed by atoms with van der Waals surface area (Å²) in [5.41, 5.74) is 12.4. The van der Waals surface area contributed by atoms with E-state index >= 15 is 0 Å². The number of hydrogen-bond acceptors (Lipinski definition) is 2. The van der Waals surface area contributed by atoms with Crippen molar-refractivity contribution in [1.82, 2.24) is 18.7 Å². The molecule has 0 saturated heterocycles. The Balaban J connectivity index is 1.20. The molecule has 0 aliphatic rings. The summed E-state index contributed by atoms with van der Waals surface area (Å²) in [7, 11) is 0. The molecule has 0 spiro atoms. The standard InChI is InChI=1S/C59H36N4O/c1-2-15-37(16-3-1)61-55-26-12-13-27-57(55)64-58-36-50-49(35-56(58)61)41-31-29-39(63-53-24-10-6-19-44(53)45-20-7-11-25-54(45)63)34-48(41)47-33-38(28-30-40(47)46-21-14-32-60-59(46)50)62-51-22-8-4-17-42(51)43-18-5-9-23-52(43)62/h1-36H. The van der Waals surface area contributed by atoms with Crippen molar-refractivity contribution in [1.29, 1.82) is 0 Å². The molecular weight excluding hydrogens is 781 g/mol. The second-order valence-electron chi connectivity index (χ2n) is 16.7. The van der Waals surface area contributed by atoms with Crippen molar-refractivity contribution in [2.75, 3.05) is 0 Å². The fourth-order valence-electron chi connectivity index (χ4n) is 10.6. The van der Waals surface area contributed by atoms with Gasteiger partial charge in [0, 0.05) is 55.6 Å².